The Kier molecular flexibility index (Phi) is 3.45. The fraction of sp³-hybridized carbons (Fsp3) is 0.200. The van der Waals surface area contributed by atoms with Gasteiger partial charge in [-0.2, -0.15) is 5.26 Å². The smallest absolute Gasteiger partial charge is 0.166 e. The SMILES string of the molecule is N#CCCC(=O)c1cc(F)c(F)cc1F. The molecule has 0 aliphatic carbocycles. The molecule has 0 N–H and O–H groups in total. The topological polar surface area (TPSA) is 40.9 Å². The van der Waals surface area contributed by atoms with Crippen molar-refractivity contribution in [1.82, 2.24) is 0 Å². The molecule has 1 aromatic carbocycles. The molecule has 2 nitrogen and oxygen atoms in total. The van der Waals surface area contributed by atoms with E-state index in [1.165, 1.54) is 0 Å². The molecule has 0 aliphatic rings. The Hall–Kier alpha value is -1.83. The summed E-state index contributed by atoms with van der Waals surface area (Å²) in [6.07, 6.45) is -0.296. The largest absolute Gasteiger partial charge is 0.294 e. The first kappa shape index (κ1) is 11.2. The first-order valence-electron chi connectivity index (χ1n) is 4.11. The van der Waals surface area contributed by atoms with E-state index >= 15 is 0 Å². The highest BCUT2D eigenvalue weighted by Gasteiger charge is 2.15. The number of carbonyl (C=O) groups excluding carboxylic acids is 1. The minimum Gasteiger partial charge on any atom is -0.294 e. The number of halogens is 3. The van der Waals surface area contributed by atoms with Gasteiger partial charge in [-0.05, 0) is 6.07 Å². The van der Waals surface area contributed by atoms with Crippen LogP contribution in [-0.2, 0) is 0 Å². The lowest BCUT2D eigenvalue weighted by Crippen LogP contribution is -2.04. The molecule has 0 aromatic heterocycles. The molecule has 0 atom stereocenters. The van der Waals surface area contributed by atoms with Crippen LogP contribution in [0.5, 0.6) is 0 Å². The van der Waals surface area contributed by atoms with Gasteiger partial charge in [-0.15, -0.1) is 0 Å². The summed E-state index contributed by atoms with van der Waals surface area (Å²) in [6, 6.07) is 2.52. The van der Waals surface area contributed by atoms with Crippen LogP contribution in [0.15, 0.2) is 12.1 Å². The number of ketones is 1. The Morgan fingerprint density at radius 2 is 1.80 bits per heavy atom. The summed E-state index contributed by atoms with van der Waals surface area (Å²) in [5.74, 6) is -4.45. The third-order valence-corrected chi connectivity index (χ3v) is 1.77. The number of nitrogens with zero attached hydrogens (tertiary/aromatic N) is 1. The third kappa shape index (κ3) is 2.56. The van der Waals surface area contributed by atoms with Crippen LogP contribution in [0.25, 0.3) is 0 Å². The van der Waals surface area contributed by atoms with Crippen LogP contribution < -0.4 is 0 Å². The summed E-state index contributed by atoms with van der Waals surface area (Å²) in [7, 11) is 0. The van der Waals surface area contributed by atoms with Gasteiger partial charge in [0.1, 0.15) is 5.82 Å². The number of hydrogen-bond donors (Lipinski definition) is 0. The maximum atomic E-state index is 13.0. The van der Waals surface area contributed by atoms with Crippen molar-refractivity contribution in [2.75, 3.05) is 0 Å². The van der Waals surface area contributed by atoms with Crippen molar-refractivity contribution in [3.63, 3.8) is 0 Å². The van der Waals surface area contributed by atoms with Gasteiger partial charge in [-0.1, -0.05) is 0 Å². The lowest BCUT2D eigenvalue weighted by atomic mass is 10.1. The Morgan fingerprint density at radius 3 is 2.40 bits per heavy atom. The first-order valence-corrected chi connectivity index (χ1v) is 4.11. The van der Waals surface area contributed by atoms with Crippen molar-refractivity contribution in [1.29, 1.82) is 5.26 Å². The molecule has 5 heteroatoms. The molecule has 0 fully saturated rings. The number of hydrogen-bond acceptors (Lipinski definition) is 2. The van der Waals surface area contributed by atoms with Gasteiger partial charge in [-0.3, -0.25) is 4.79 Å². The van der Waals surface area contributed by atoms with Gasteiger partial charge in [0, 0.05) is 18.9 Å². The summed E-state index contributed by atoms with van der Waals surface area (Å²) in [5, 5.41) is 8.20. The number of carbonyl (C=O) groups is 1. The Bertz CT molecular complexity index is 437. The van der Waals surface area contributed by atoms with Crippen molar-refractivity contribution in [3.05, 3.63) is 35.1 Å². The van der Waals surface area contributed by atoms with Gasteiger partial charge in [-0.25, -0.2) is 13.2 Å². The molecule has 0 aliphatic heterocycles. The highest BCUT2D eigenvalue weighted by Crippen LogP contribution is 2.15. The molecule has 0 spiro atoms. The summed E-state index contributed by atoms with van der Waals surface area (Å²) < 4.78 is 38.2. The lowest BCUT2D eigenvalue weighted by molar-refractivity contribution is 0.0979. The molecule has 0 heterocycles. The van der Waals surface area contributed by atoms with Crippen LogP contribution in [-0.4, -0.2) is 5.78 Å². The third-order valence-electron chi connectivity index (χ3n) is 1.77. The van der Waals surface area contributed by atoms with E-state index in [-0.39, 0.29) is 12.8 Å². The zero-order valence-electron chi connectivity index (χ0n) is 7.56. The van der Waals surface area contributed by atoms with Crippen molar-refractivity contribution >= 4 is 5.78 Å². The summed E-state index contributed by atoms with van der Waals surface area (Å²) in [5.41, 5.74) is -0.524. The molecular formula is C10H6F3NO. The monoisotopic (exact) mass is 213 g/mol. The molecule has 0 bridgehead atoms. The maximum absolute atomic E-state index is 13.0. The molecule has 0 saturated heterocycles. The number of rotatable bonds is 3. The van der Waals surface area contributed by atoms with Crippen LogP contribution in [0.3, 0.4) is 0 Å². The molecule has 1 rings (SSSR count). The molecular weight excluding hydrogens is 207 g/mol. The van der Waals surface area contributed by atoms with Gasteiger partial charge in [0.05, 0.1) is 11.6 Å². The molecule has 0 saturated carbocycles. The zero-order chi connectivity index (χ0) is 11.4. The minimum absolute atomic E-state index is 0.0860. The molecule has 15 heavy (non-hydrogen) atoms. The van der Waals surface area contributed by atoms with Crippen LogP contribution in [0.1, 0.15) is 23.2 Å². The van der Waals surface area contributed by atoms with E-state index in [9.17, 15) is 18.0 Å². The van der Waals surface area contributed by atoms with Crippen molar-refractivity contribution in [2.24, 2.45) is 0 Å². The van der Waals surface area contributed by atoms with E-state index in [4.69, 9.17) is 5.26 Å². The first-order chi connectivity index (χ1) is 7.06. The van der Waals surface area contributed by atoms with E-state index in [1.54, 1.807) is 6.07 Å². The average Bonchev–Trinajstić information content (AvgIpc) is 2.20. The standard InChI is InChI=1S/C10H6F3NO/c11-7-5-9(13)8(12)4-6(7)10(15)2-1-3-14/h4-5H,1-2H2. The van der Waals surface area contributed by atoms with E-state index < -0.39 is 28.8 Å². The fourth-order valence-corrected chi connectivity index (χ4v) is 1.04. The second-order valence-electron chi connectivity index (χ2n) is 2.83. The van der Waals surface area contributed by atoms with Crippen molar-refractivity contribution < 1.29 is 18.0 Å². The number of benzene rings is 1. The number of Topliss-reactive ketones (excluding diaryl/α,β-unsaturated/α-hetero) is 1. The van der Waals surface area contributed by atoms with Gasteiger partial charge >= 0.3 is 0 Å². The fourth-order valence-electron chi connectivity index (χ4n) is 1.04. The van der Waals surface area contributed by atoms with Gasteiger partial charge in [0.2, 0.25) is 0 Å². The quantitative estimate of drug-likeness (QED) is 0.572. The predicted octanol–water partition coefficient (Wildman–Crippen LogP) is 2.59. The van der Waals surface area contributed by atoms with Crippen LogP contribution >= 0.6 is 0 Å². The van der Waals surface area contributed by atoms with E-state index in [2.05, 4.69) is 0 Å². The predicted molar refractivity (Wildman–Crippen MR) is 45.5 cm³/mol. The van der Waals surface area contributed by atoms with E-state index in [0.29, 0.717) is 12.1 Å². The van der Waals surface area contributed by atoms with E-state index in [1.807, 2.05) is 0 Å². The highest BCUT2D eigenvalue weighted by atomic mass is 19.2. The molecule has 78 valence electrons. The molecule has 0 unspecified atom stereocenters. The normalized spacial score (nSPS) is 9.73. The van der Waals surface area contributed by atoms with Crippen LogP contribution in [0, 0.1) is 28.8 Å². The maximum Gasteiger partial charge on any atom is 0.166 e. The van der Waals surface area contributed by atoms with Crippen molar-refractivity contribution in [3.8, 4) is 6.07 Å². The molecule has 0 radical (unpaired) electrons. The summed E-state index contributed by atoms with van der Waals surface area (Å²) in [4.78, 5) is 11.2. The van der Waals surface area contributed by atoms with Gasteiger partial charge in [0.15, 0.2) is 17.4 Å². The second-order valence-corrected chi connectivity index (χ2v) is 2.83. The molecule has 0 amide bonds. The Labute approximate surface area is 83.9 Å². The van der Waals surface area contributed by atoms with Gasteiger partial charge < -0.3 is 0 Å². The Morgan fingerprint density at radius 1 is 1.20 bits per heavy atom. The minimum atomic E-state index is -1.34. The Balaban J connectivity index is 3.00. The average molecular weight is 213 g/mol. The summed E-state index contributed by atoms with van der Waals surface area (Å²) in [6.45, 7) is 0. The number of nitriles is 1. The van der Waals surface area contributed by atoms with Crippen molar-refractivity contribution in [2.45, 2.75) is 12.8 Å². The molecule has 1 aromatic rings. The van der Waals surface area contributed by atoms with Crippen LogP contribution in [0.2, 0.25) is 0 Å². The lowest BCUT2D eigenvalue weighted by Gasteiger charge is -2.01. The van der Waals surface area contributed by atoms with E-state index in [0.717, 1.165) is 0 Å². The van der Waals surface area contributed by atoms with Gasteiger partial charge in [0.25, 0.3) is 0 Å². The highest BCUT2D eigenvalue weighted by molar-refractivity contribution is 5.96. The summed E-state index contributed by atoms with van der Waals surface area (Å²) >= 11 is 0. The zero-order valence-corrected chi connectivity index (χ0v) is 7.56. The van der Waals surface area contributed by atoms with Crippen LogP contribution in [0.4, 0.5) is 13.2 Å². The second kappa shape index (κ2) is 4.60.